The van der Waals surface area contributed by atoms with E-state index in [1.165, 1.54) is 0 Å². The molecule has 0 spiro atoms. The molecule has 0 atom stereocenters. The summed E-state index contributed by atoms with van der Waals surface area (Å²) in [6, 6.07) is 0. The first kappa shape index (κ1) is 43.6. The maximum absolute atomic E-state index is 0. The van der Waals surface area contributed by atoms with Gasteiger partial charge in [-0.25, -0.2) is 0 Å². The molecule has 0 heterocycles. The number of hydrogen-bond acceptors (Lipinski definition) is 0. The Bertz CT molecular complexity index is 8.00. The van der Waals surface area contributed by atoms with E-state index in [4.69, 9.17) is 0 Å². The average Bonchev–Trinajstić information content (AvgIpc) is 0. The van der Waals surface area contributed by atoms with Gasteiger partial charge in [-0.15, -0.1) is 0 Å². The van der Waals surface area contributed by atoms with E-state index in [1.54, 1.807) is 0 Å². The van der Waals surface area contributed by atoms with Crippen molar-refractivity contribution in [3.8, 4) is 0 Å². The zero-order valence-corrected chi connectivity index (χ0v) is 5.42. The third-order valence-corrected chi connectivity index (χ3v) is 0. The van der Waals surface area contributed by atoms with E-state index < -0.39 is 0 Å². The van der Waals surface area contributed by atoms with E-state index in [0.717, 1.165) is 0 Å². The van der Waals surface area contributed by atoms with E-state index in [-0.39, 0.29) is 60.9 Å². The van der Waals surface area contributed by atoms with Gasteiger partial charge in [0.1, 0.15) is 0 Å². The van der Waals surface area contributed by atoms with Crippen LogP contribution in [0.25, 0.3) is 0 Å². The van der Waals surface area contributed by atoms with Gasteiger partial charge in [-0.2, -0.15) is 0 Å². The van der Waals surface area contributed by atoms with E-state index in [9.17, 15) is 0 Å². The Balaban J connectivity index is 0. The molecule has 0 aromatic carbocycles. The quantitative estimate of drug-likeness (QED) is 0.382. The normalized spacial score (nSPS) is 0. The Labute approximate surface area is 60.6 Å². The largest absolute Gasteiger partial charge is 0 e. The van der Waals surface area contributed by atoms with Crippen LogP contribution in [0.1, 0.15) is 0 Å². The molecule has 1 radical (unpaired) electrons. The molecule has 0 saturated carbocycles. The Morgan fingerprint density at radius 1 is 1.00 bits per heavy atom. The van der Waals surface area contributed by atoms with Crippen LogP contribution in [0.3, 0.4) is 0 Å². The Morgan fingerprint density at radius 2 is 1.00 bits per heavy atom. The zero-order chi connectivity index (χ0) is 0. The summed E-state index contributed by atoms with van der Waals surface area (Å²) in [5.74, 6) is 0. The van der Waals surface area contributed by atoms with Gasteiger partial charge in [-0.05, 0) is 0 Å². The van der Waals surface area contributed by atoms with Crippen LogP contribution >= 0.6 is 0 Å². The maximum Gasteiger partial charge on any atom is 0 e. The summed E-state index contributed by atoms with van der Waals surface area (Å²) in [5.41, 5.74) is 0. The van der Waals surface area contributed by atoms with E-state index >= 15 is 0 Å². The van der Waals surface area contributed by atoms with E-state index in [2.05, 4.69) is 0 Å². The summed E-state index contributed by atoms with van der Waals surface area (Å²) in [6.07, 6.45) is 0. The van der Waals surface area contributed by atoms with Crippen LogP contribution in [-0.2, 0) is 36.5 Å². The first-order valence-corrected chi connectivity index (χ1v) is 0. The smallest absolute Gasteiger partial charge is 0 e. The van der Waals surface area contributed by atoms with Crippen LogP contribution in [0.2, 0.25) is 0 Å². The molecule has 0 saturated heterocycles. The first-order valence-electron chi connectivity index (χ1n) is 0. The topological polar surface area (TPSA) is 31.5 Å². The van der Waals surface area contributed by atoms with Crippen molar-refractivity contribution in [2.45, 2.75) is 0 Å². The molecule has 1 nitrogen and oxygen atoms in total. The molecule has 0 fully saturated rings. The molecule has 0 bridgehead atoms. The fourth-order valence-electron chi connectivity index (χ4n) is 0. The van der Waals surface area contributed by atoms with Gasteiger partial charge >= 0.3 is 18.9 Å². The third kappa shape index (κ3) is 9.33. The summed E-state index contributed by atoms with van der Waals surface area (Å²) in [4.78, 5) is 0. The summed E-state index contributed by atoms with van der Waals surface area (Å²) >= 11 is 0. The molecule has 2 N–H and O–H groups in total. The van der Waals surface area contributed by atoms with Crippen molar-refractivity contribution >= 4 is 18.9 Å². The fraction of sp³-hybridized carbons (Fsp3) is 0. The standard InChI is InChI=1S/Cu.Li.H2O.Zn.H/h;;1H2;;. The van der Waals surface area contributed by atoms with Crippen molar-refractivity contribution in [1.82, 2.24) is 0 Å². The summed E-state index contributed by atoms with van der Waals surface area (Å²) in [7, 11) is 0. The van der Waals surface area contributed by atoms with Gasteiger partial charge in [0.15, 0.2) is 0 Å². The Kier molecular flexibility index (Phi) is 242. The minimum Gasteiger partial charge on any atom is 0 e. The predicted molar refractivity (Wildman–Crippen MR) is 10.8 cm³/mol. The van der Waals surface area contributed by atoms with Crippen molar-refractivity contribution < 1.29 is 42.0 Å². The zero-order valence-electron chi connectivity index (χ0n) is 1.51. The first-order chi connectivity index (χ1) is 0. The Morgan fingerprint density at radius 3 is 1.00 bits per heavy atom. The van der Waals surface area contributed by atoms with Crippen molar-refractivity contribution in [3.05, 3.63) is 0 Å². The van der Waals surface area contributed by atoms with Crippen LogP contribution in [0.15, 0.2) is 0 Å². The second-order valence-electron chi connectivity index (χ2n) is 0. The molecule has 0 aliphatic rings. The van der Waals surface area contributed by atoms with Crippen molar-refractivity contribution in [2.75, 3.05) is 0 Å². The van der Waals surface area contributed by atoms with E-state index in [1.807, 2.05) is 0 Å². The van der Waals surface area contributed by atoms with Gasteiger partial charge in [0.2, 0.25) is 0 Å². The maximum atomic E-state index is 0. The molecular formula is H3CuLiOZn. The van der Waals surface area contributed by atoms with E-state index in [0.29, 0.717) is 0 Å². The monoisotopic (exact) mass is 153 g/mol. The molecule has 0 aliphatic heterocycles. The van der Waals surface area contributed by atoms with Crippen LogP contribution in [0, 0.1) is 0 Å². The predicted octanol–water partition coefficient (Wildman–Crippen LogP) is -1.48. The molecule has 4 heavy (non-hydrogen) atoms. The van der Waals surface area contributed by atoms with Gasteiger partial charge in [0, 0.05) is 36.5 Å². The van der Waals surface area contributed by atoms with Gasteiger partial charge in [0.05, 0.1) is 0 Å². The summed E-state index contributed by atoms with van der Waals surface area (Å²) in [6.45, 7) is 0. The minimum absolute atomic E-state index is 0. The molecular weight excluding hydrogens is 152 g/mol. The molecule has 0 aromatic rings. The Hall–Kier alpha value is 1.70. The average molecular weight is 155 g/mol. The van der Waals surface area contributed by atoms with Crippen molar-refractivity contribution in [3.63, 3.8) is 0 Å². The van der Waals surface area contributed by atoms with Gasteiger partial charge in [-0.1, -0.05) is 0 Å². The molecule has 0 amide bonds. The molecule has 0 aromatic heterocycles. The summed E-state index contributed by atoms with van der Waals surface area (Å²) in [5, 5.41) is 0. The minimum atomic E-state index is 0. The van der Waals surface area contributed by atoms with Crippen LogP contribution in [0.5, 0.6) is 0 Å². The SMILES string of the molecule is O.[Cu].[LiH].[Zn]. The molecule has 23 valence electrons. The third-order valence-electron chi connectivity index (χ3n) is 0. The van der Waals surface area contributed by atoms with Crippen LogP contribution in [-0.4, -0.2) is 24.3 Å². The van der Waals surface area contributed by atoms with Gasteiger partial charge < -0.3 is 5.48 Å². The molecule has 0 aliphatic carbocycles. The van der Waals surface area contributed by atoms with Crippen molar-refractivity contribution in [2.24, 2.45) is 0 Å². The molecule has 0 unspecified atom stereocenters. The van der Waals surface area contributed by atoms with Crippen LogP contribution in [0.4, 0.5) is 0 Å². The molecule has 0 rings (SSSR count). The van der Waals surface area contributed by atoms with Gasteiger partial charge in [0.25, 0.3) is 0 Å². The van der Waals surface area contributed by atoms with Gasteiger partial charge in [-0.3, -0.25) is 0 Å². The fourth-order valence-corrected chi connectivity index (χ4v) is 0. The summed E-state index contributed by atoms with van der Waals surface area (Å²) < 4.78 is 0. The number of hydrogen-bond donors (Lipinski definition) is 0. The van der Waals surface area contributed by atoms with Crippen LogP contribution < -0.4 is 0 Å². The van der Waals surface area contributed by atoms with Crippen molar-refractivity contribution in [1.29, 1.82) is 0 Å². The second kappa shape index (κ2) is 22.3. The second-order valence-corrected chi connectivity index (χ2v) is 0. The number of rotatable bonds is 0. The molecule has 4 heteroatoms.